The molecule has 0 amide bonds. The lowest BCUT2D eigenvalue weighted by Crippen LogP contribution is -2.40. The van der Waals surface area contributed by atoms with Crippen LogP contribution in [0.2, 0.25) is 0 Å². The number of hydrogen-bond donors (Lipinski definition) is 1. The molecule has 0 spiro atoms. The quantitative estimate of drug-likeness (QED) is 0.910. The van der Waals surface area contributed by atoms with Gasteiger partial charge in [0.05, 0.1) is 11.4 Å². The van der Waals surface area contributed by atoms with Gasteiger partial charge in [-0.05, 0) is 39.5 Å². The number of hydrogen-bond acceptors (Lipinski definition) is 3. The van der Waals surface area contributed by atoms with Crippen LogP contribution in [0.5, 0.6) is 0 Å². The highest BCUT2D eigenvalue weighted by molar-refractivity contribution is 5.66. The Kier molecular flexibility index (Phi) is 4.07. The lowest BCUT2D eigenvalue weighted by atomic mass is 9.85. The van der Waals surface area contributed by atoms with Gasteiger partial charge in [-0.2, -0.15) is 5.10 Å². The first-order chi connectivity index (χ1) is 8.93. The fraction of sp³-hybridized carbons (Fsp3) is 0.800. The van der Waals surface area contributed by atoms with Crippen LogP contribution in [0.15, 0.2) is 0 Å². The maximum Gasteiger partial charge on any atom is 0.150 e. The summed E-state index contributed by atoms with van der Waals surface area (Å²) in [6.07, 6.45) is 5.28. The number of nitrogens with two attached hydrogens (primary N) is 1. The Balaban J connectivity index is 2.34. The molecule has 1 saturated carbocycles. The average molecular weight is 264 g/mol. The minimum absolute atomic E-state index is 0.340. The Labute approximate surface area is 117 Å². The standard InChI is InChI=1S/C15H28N4/c1-10(2)19-15(14(16)12(4)17-19)18(5)13-9-7-6-8-11(13)3/h10-11,13H,6-9,16H2,1-5H3. The SMILES string of the molecule is Cc1nn(C(C)C)c(N(C)C2CCCCC2C)c1N. The number of aryl methyl sites for hydroxylation is 1. The minimum Gasteiger partial charge on any atom is -0.394 e. The molecule has 2 unspecified atom stereocenters. The first kappa shape index (κ1) is 14.2. The molecule has 1 aliphatic carbocycles. The Morgan fingerprint density at radius 2 is 1.95 bits per heavy atom. The predicted octanol–water partition coefficient (Wildman–Crippen LogP) is 3.37. The molecule has 0 saturated heterocycles. The molecule has 19 heavy (non-hydrogen) atoms. The zero-order valence-electron chi connectivity index (χ0n) is 13.0. The van der Waals surface area contributed by atoms with Crippen molar-refractivity contribution in [3.8, 4) is 0 Å². The van der Waals surface area contributed by atoms with Crippen molar-refractivity contribution in [2.45, 2.75) is 65.5 Å². The highest BCUT2D eigenvalue weighted by atomic mass is 15.4. The van der Waals surface area contributed by atoms with Gasteiger partial charge in [0.2, 0.25) is 0 Å². The third-order valence-corrected chi connectivity index (χ3v) is 4.49. The fourth-order valence-corrected chi connectivity index (χ4v) is 3.29. The van der Waals surface area contributed by atoms with E-state index < -0.39 is 0 Å². The lowest BCUT2D eigenvalue weighted by molar-refractivity contribution is 0.317. The largest absolute Gasteiger partial charge is 0.394 e. The van der Waals surface area contributed by atoms with Crippen LogP contribution in [0.4, 0.5) is 11.5 Å². The number of nitrogen functional groups attached to an aromatic ring is 1. The van der Waals surface area contributed by atoms with Crippen molar-refractivity contribution in [3.63, 3.8) is 0 Å². The molecule has 1 aliphatic rings. The van der Waals surface area contributed by atoms with Crippen LogP contribution in [0.25, 0.3) is 0 Å². The minimum atomic E-state index is 0.340. The zero-order chi connectivity index (χ0) is 14.2. The van der Waals surface area contributed by atoms with Crippen LogP contribution in [0.3, 0.4) is 0 Å². The smallest absolute Gasteiger partial charge is 0.150 e. The highest BCUT2D eigenvalue weighted by Gasteiger charge is 2.29. The summed E-state index contributed by atoms with van der Waals surface area (Å²) >= 11 is 0. The normalized spacial score (nSPS) is 23.9. The molecule has 1 heterocycles. The zero-order valence-corrected chi connectivity index (χ0v) is 13.0. The van der Waals surface area contributed by atoms with Crippen LogP contribution in [-0.4, -0.2) is 22.9 Å². The molecule has 0 aliphatic heterocycles. The molecule has 2 N–H and O–H groups in total. The molecule has 1 aromatic rings. The highest BCUT2D eigenvalue weighted by Crippen LogP contribution is 2.35. The van der Waals surface area contributed by atoms with E-state index in [4.69, 9.17) is 5.73 Å². The first-order valence-electron chi connectivity index (χ1n) is 7.50. The number of nitrogens with zero attached hydrogens (tertiary/aromatic N) is 3. The second-order valence-electron chi connectivity index (χ2n) is 6.30. The van der Waals surface area contributed by atoms with Gasteiger partial charge >= 0.3 is 0 Å². The molecule has 0 radical (unpaired) electrons. The van der Waals surface area contributed by atoms with Crippen molar-refractivity contribution in [3.05, 3.63) is 5.69 Å². The van der Waals surface area contributed by atoms with E-state index in [9.17, 15) is 0 Å². The summed E-state index contributed by atoms with van der Waals surface area (Å²) in [5, 5.41) is 4.60. The van der Waals surface area contributed by atoms with Crippen molar-refractivity contribution in [1.82, 2.24) is 9.78 Å². The van der Waals surface area contributed by atoms with E-state index >= 15 is 0 Å². The van der Waals surface area contributed by atoms with Gasteiger partial charge in [-0.25, -0.2) is 4.68 Å². The van der Waals surface area contributed by atoms with E-state index in [0.29, 0.717) is 12.1 Å². The summed E-state index contributed by atoms with van der Waals surface area (Å²) in [5.41, 5.74) is 8.05. The molecule has 2 atom stereocenters. The maximum atomic E-state index is 6.27. The molecular formula is C15H28N4. The summed E-state index contributed by atoms with van der Waals surface area (Å²) < 4.78 is 2.08. The van der Waals surface area contributed by atoms with Gasteiger partial charge in [-0.1, -0.05) is 19.8 Å². The first-order valence-corrected chi connectivity index (χ1v) is 7.50. The van der Waals surface area contributed by atoms with Crippen molar-refractivity contribution in [2.75, 3.05) is 17.7 Å². The van der Waals surface area contributed by atoms with Gasteiger partial charge in [0, 0.05) is 19.1 Å². The molecule has 4 nitrogen and oxygen atoms in total. The van der Waals surface area contributed by atoms with Gasteiger partial charge < -0.3 is 10.6 Å². The molecule has 1 aromatic heterocycles. The molecule has 1 fully saturated rings. The van der Waals surface area contributed by atoms with Gasteiger partial charge in [0.15, 0.2) is 5.82 Å². The van der Waals surface area contributed by atoms with E-state index in [1.807, 2.05) is 6.92 Å². The van der Waals surface area contributed by atoms with Crippen molar-refractivity contribution in [1.29, 1.82) is 0 Å². The topological polar surface area (TPSA) is 47.1 Å². The Hall–Kier alpha value is -1.19. The van der Waals surface area contributed by atoms with Gasteiger partial charge in [-0.15, -0.1) is 0 Å². The van der Waals surface area contributed by atoms with Crippen LogP contribution in [0, 0.1) is 12.8 Å². The monoisotopic (exact) mass is 264 g/mol. The summed E-state index contributed by atoms with van der Waals surface area (Å²) in [6.45, 7) is 8.68. The second-order valence-corrected chi connectivity index (χ2v) is 6.30. The second kappa shape index (κ2) is 5.43. The lowest BCUT2D eigenvalue weighted by Gasteiger charge is -2.38. The molecule has 0 bridgehead atoms. The Morgan fingerprint density at radius 1 is 1.32 bits per heavy atom. The summed E-state index contributed by atoms with van der Waals surface area (Å²) in [6, 6.07) is 0.928. The average Bonchev–Trinajstić information content (AvgIpc) is 2.66. The molecular weight excluding hydrogens is 236 g/mol. The summed E-state index contributed by atoms with van der Waals surface area (Å²) in [4.78, 5) is 2.37. The number of rotatable bonds is 3. The number of anilines is 2. The summed E-state index contributed by atoms with van der Waals surface area (Å²) in [5.74, 6) is 1.83. The number of aromatic nitrogens is 2. The molecule has 4 heteroatoms. The Bertz CT molecular complexity index is 436. The third kappa shape index (κ3) is 2.58. The van der Waals surface area contributed by atoms with E-state index in [0.717, 1.165) is 23.1 Å². The third-order valence-electron chi connectivity index (χ3n) is 4.49. The van der Waals surface area contributed by atoms with Gasteiger partial charge in [-0.3, -0.25) is 0 Å². The van der Waals surface area contributed by atoms with E-state index in [1.165, 1.54) is 25.7 Å². The van der Waals surface area contributed by atoms with Crippen molar-refractivity contribution < 1.29 is 0 Å². The van der Waals surface area contributed by atoms with E-state index in [2.05, 4.69) is 42.5 Å². The molecule has 108 valence electrons. The van der Waals surface area contributed by atoms with Crippen molar-refractivity contribution >= 4 is 11.5 Å². The van der Waals surface area contributed by atoms with E-state index in [1.54, 1.807) is 0 Å². The maximum absolute atomic E-state index is 6.27. The van der Waals surface area contributed by atoms with E-state index in [-0.39, 0.29) is 0 Å². The van der Waals surface area contributed by atoms with Crippen LogP contribution in [-0.2, 0) is 0 Å². The fourth-order valence-electron chi connectivity index (χ4n) is 3.29. The predicted molar refractivity (Wildman–Crippen MR) is 81.6 cm³/mol. The van der Waals surface area contributed by atoms with Gasteiger partial charge in [0.1, 0.15) is 0 Å². The Morgan fingerprint density at radius 3 is 2.53 bits per heavy atom. The van der Waals surface area contributed by atoms with Crippen LogP contribution in [0.1, 0.15) is 58.2 Å². The molecule has 0 aromatic carbocycles. The summed E-state index contributed by atoms with van der Waals surface area (Å²) in [7, 11) is 2.18. The van der Waals surface area contributed by atoms with Gasteiger partial charge in [0.25, 0.3) is 0 Å². The van der Waals surface area contributed by atoms with Crippen molar-refractivity contribution in [2.24, 2.45) is 5.92 Å². The molecule has 2 rings (SSSR count). The van der Waals surface area contributed by atoms with Crippen LogP contribution < -0.4 is 10.6 Å². The van der Waals surface area contributed by atoms with Crippen LogP contribution >= 0.6 is 0 Å².